The molecule has 0 atom stereocenters. The van der Waals surface area contributed by atoms with Crippen LogP contribution in [0.4, 0.5) is 11.4 Å². The van der Waals surface area contributed by atoms with Crippen LogP contribution in [-0.2, 0) is 11.3 Å². The molecule has 0 radical (unpaired) electrons. The van der Waals surface area contributed by atoms with E-state index >= 15 is 0 Å². The van der Waals surface area contributed by atoms with Gasteiger partial charge in [0.2, 0.25) is 5.91 Å². The summed E-state index contributed by atoms with van der Waals surface area (Å²) < 4.78 is 1.39. The number of aromatic nitrogens is 2. The van der Waals surface area contributed by atoms with Crippen molar-refractivity contribution in [3.63, 3.8) is 0 Å². The number of rotatable bonds is 5. The van der Waals surface area contributed by atoms with E-state index in [1.807, 2.05) is 24.4 Å². The zero-order valence-electron chi connectivity index (χ0n) is 19.7. The summed E-state index contributed by atoms with van der Waals surface area (Å²) in [5.74, 6) is -0.247. The van der Waals surface area contributed by atoms with Crippen LogP contribution in [0.25, 0.3) is 21.3 Å². The van der Waals surface area contributed by atoms with Gasteiger partial charge >= 0.3 is 0 Å². The number of aryl methyl sites for hydroxylation is 3. The summed E-state index contributed by atoms with van der Waals surface area (Å²) in [6.45, 7) is 8.20. The number of hydrogen-bond acceptors (Lipinski definition) is 5. The van der Waals surface area contributed by atoms with Crippen LogP contribution < -0.4 is 15.8 Å². The molecule has 4 aromatic rings. The van der Waals surface area contributed by atoms with Crippen LogP contribution in [0.3, 0.4) is 0 Å². The average Bonchev–Trinajstić information content (AvgIpc) is 3.50. The highest BCUT2D eigenvalue weighted by atomic mass is 32.1. The van der Waals surface area contributed by atoms with Gasteiger partial charge in [0.1, 0.15) is 11.4 Å². The molecule has 7 heteroatoms. The molecule has 1 aliphatic rings. The van der Waals surface area contributed by atoms with Gasteiger partial charge in [-0.1, -0.05) is 18.2 Å². The van der Waals surface area contributed by atoms with Gasteiger partial charge in [-0.25, -0.2) is 4.98 Å². The smallest absolute Gasteiger partial charge is 0.263 e. The Balaban J connectivity index is 1.38. The number of anilines is 2. The molecule has 2 aromatic heterocycles. The van der Waals surface area contributed by atoms with Crippen molar-refractivity contribution >= 4 is 38.8 Å². The lowest BCUT2D eigenvalue weighted by Crippen LogP contribution is -2.28. The minimum absolute atomic E-state index is 0.0860. The SMILES string of the molecule is Cc1ccc(-c2csc3ncn(CC(=O)Nc4ccc(N5CCCC5)cc4C)c(=O)c23)cc1C. The summed E-state index contributed by atoms with van der Waals surface area (Å²) in [7, 11) is 0. The molecule has 0 bridgehead atoms. The summed E-state index contributed by atoms with van der Waals surface area (Å²) in [6, 6.07) is 12.3. The molecule has 5 rings (SSSR count). The van der Waals surface area contributed by atoms with Crippen LogP contribution in [0.1, 0.15) is 29.5 Å². The van der Waals surface area contributed by atoms with Crippen LogP contribution in [0.5, 0.6) is 0 Å². The highest BCUT2D eigenvalue weighted by Crippen LogP contribution is 2.31. The van der Waals surface area contributed by atoms with Crippen molar-refractivity contribution in [3.8, 4) is 11.1 Å². The normalized spacial score (nSPS) is 13.6. The van der Waals surface area contributed by atoms with Gasteiger partial charge in [-0.2, -0.15) is 0 Å². The number of benzene rings is 2. The van der Waals surface area contributed by atoms with Gasteiger partial charge in [0.25, 0.3) is 5.56 Å². The fourth-order valence-electron chi connectivity index (χ4n) is 4.51. The maximum absolute atomic E-state index is 13.3. The first-order valence-corrected chi connectivity index (χ1v) is 12.5. The summed E-state index contributed by atoms with van der Waals surface area (Å²) >= 11 is 1.45. The first kappa shape index (κ1) is 22.3. The van der Waals surface area contributed by atoms with Gasteiger partial charge in [-0.3, -0.25) is 14.2 Å². The Bertz CT molecular complexity index is 1450. The zero-order valence-corrected chi connectivity index (χ0v) is 20.5. The third kappa shape index (κ3) is 4.23. The van der Waals surface area contributed by atoms with E-state index in [1.165, 1.54) is 51.9 Å². The molecule has 0 aliphatic carbocycles. The predicted molar refractivity (Wildman–Crippen MR) is 140 cm³/mol. The molecule has 34 heavy (non-hydrogen) atoms. The molecule has 174 valence electrons. The maximum atomic E-state index is 13.3. The molecule has 1 saturated heterocycles. The second kappa shape index (κ2) is 9.06. The van der Waals surface area contributed by atoms with Gasteiger partial charge in [0.05, 0.1) is 11.7 Å². The van der Waals surface area contributed by atoms with Gasteiger partial charge in [0, 0.05) is 35.4 Å². The molecule has 6 nitrogen and oxygen atoms in total. The Hall–Kier alpha value is -3.45. The topological polar surface area (TPSA) is 67.2 Å². The van der Waals surface area contributed by atoms with E-state index in [2.05, 4.69) is 53.3 Å². The summed E-state index contributed by atoms with van der Waals surface area (Å²) in [4.78, 5) is 33.7. The Morgan fingerprint density at radius 3 is 2.56 bits per heavy atom. The molecule has 0 unspecified atom stereocenters. The third-order valence-corrected chi connectivity index (χ3v) is 7.53. The maximum Gasteiger partial charge on any atom is 0.263 e. The Morgan fingerprint density at radius 1 is 1.03 bits per heavy atom. The van der Waals surface area contributed by atoms with Crippen LogP contribution in [0.2, 0.25) is 0 Å². The van der Waals surface area contributed by atoms with Crippen molar-refractivity contribution in [3.05, 3.63) is 75.1 Å². The minimum Gasteiger partial charge on any atom is -0.372 e. The van der Waals surface area contributed by atoms with Gasteiger partial charge in [-0.15, -0.1) is 11.3 Å². The molecule has 1 aliphatic heterocycles. The number of thiophene rings is 1. The monoisotopic (exact) mass is 472 g/mol. The Morgan fingerprint density at radius 2 is 1.82 bits per heavy atom. The third-order valence-electron chi connectivity index (χ3n) is 6.65. The number of hydrogen-bond donors (Lipinski definition) is 1. The molecular formula is C27H28N4O2S. The molecule has 3 heterocycles. The van der Waals surface area contributed by atoms with Crippen LogP contribution >= 0.6 is 11.3 Å². The Labute approximate surface area is 202 Å². The van der Waals surface area contributed by atoms with E-state index < -0.39 is 0 Å². The van der Waals surface area contributed by atoms with E-state index in [1.54, 1.807) is 0 Å². The molecule has 1 N–H and O–H groups in total. The van der Waals surface area contributed by atoms with E-state index in [0.717, 1.165) is 35.5 Å². The lowest BCUT2D eigenvalue weighted by atomic mass is 10.0. The van der Waals surface area contributed by atoms with Crippen molar-refractivity contribution in [2.75, 3.05) is 23.3 Å². The van der Waals surface area contributed by atoms with E-state index in [4.69, 9.17) is 0 Å². The van der Waals surface area contributed by atoms with Gasteiger partial charge in [0.15, 0.2) is 0 Å². The van der Waals surface area contributed by atoms with Crippen molar-refractivity contribution < 1.29 is 4.79 Å². The number of nitrogens with zero attached hydrogens (tertiary/aromatic N) is 3. The summed E-state index contributed by atoms with van der Waals surface area (Å²) in [5.41, 5.74) is 7.00. The molecule has 1 amide bonds. The largest absolute Gasteiger partial charge is 0.372 e. The number of nitrogens with one attached hydrogen (secondary N) is 1. The molecular weight excluding hydrogens is 444 g/mol. The number of carbonyl (C=O) groups excluding carboxylic acids is 1. The number of amides is 1. The molecule has 1 fully saturated rings. The van der Waals surface area contributed by atoms with E-state index in [0.29, 0.717) is 10.2 Å². The van der Waals surface area contributed by atoms with Gasteiger partial charge in [-0.05, 0) is 74.1 Å². The quantitative estimate of drug-likeness (QED) is 0.429. The lowest BCUT2D eigenvalue weighted by molar-refractivity contribution is -0.116. The average molecular weight is 473 g/mol. The lowest BCUT2D eigenvalue weighted by Gasteiger charge is -2.19. The first-order chi connectivity index (χ1) is 16.4. The highest BCUT2D eigenvalue weighted by Gasteiger charge is 2.17. The highest BCUT2D eigenvalue weighted by molar-refractivity contribution is 7.17. The number of carbonyl (C=O) groups is 1. The zero-order chi connectivity index (χ0) is 23.8. The van der Waals surface area contributed by atoms with Crippen molar-refractivity contribution in [1.82, 2.24) is 9.55 Å². The number of fused-ring (bicyclic) bond motifs is 1. The fourth-order valence-corrected chi connectivity index (χ4v) is 5.41. The fraction of sp³-hybridized carbons (Fsp3) is 0.296. The van der Waals surface area contributed by atoms with Crippen LogP contribution in [0.15, 0.2) is 52.9 Å². The first-order valence-electron chi connectivity index (χ1n) is 11.6. The molecule has 2 aromatic carbocycles. The summed E-state index contributed by atoms with van der Waals surface area (Å²) in [6.07, 6.45) is 3.91. The van der Waals surface area contributed by atoms with Crippen molar-refractivity contribution in [2.45, 2.75) is 40.2 Å². The van der Waals surface area contributed by atoms with Crippen molar-refractivity contribution in [1.29, 1.82) is 0 Å². The van der Waals surface area contributed by atoms with E-state index in [9.17, 15) is 9.59 Å². The molecule has 0 saturated carbocycles. The van der Waals surface area contributed by atoms with E-state index in [-0.39, 0.29) is 18.0 Å². The molecule has 0 spiro atoms. The van der Waals surface area contributed by atoms with Crippen LogP contribution in [-0.4, -0.2) is 28.5 Å². The van der Waals surface area contributed by atoms with Crippen LogP contribution in [0, 0.1) is 20.8 Å². The second-order valence-corrected chi connectivity index (χ2v) is 9.91. The summed E-state index contributed by atoms with van der Waals surface area (Å²) in [5, 5.41) is 5.50. The van der Waals surface area contributed by atoms with Crippen molar-refractivity contribution in [2.24, 2.45) is 0 Å². The minimum atomic E-state index is -0.247. The van der Waals surface area contributed by atoms with Gasteiger partial charge < -0.3 is 10.2 Å². The second-order valence-electron chi connectivity index (χ2n) is 9.05. The standard InChI is InChI=1S/C27H28N4O2S/c1-17-6-7-20(12-18(17)2)22-15-34-26-25(22)27(33)31(16-28-26)14-24(32)29-23-9-8-21(13-19(23)3)30-10-4-5-11-30/h6-9,12-13,15-16H,4-5,10-11,14H2,1-3H3,(H,29,32). The Kier molecular flexibility index (Phi) is 5.96. The predicted octanol–water partition coefficient (Wildman–Crippen LogP) is 5.29.